The number of amides is 1. The highest BCUT2D eigenvalue weighted by molar-refractivity contribution is 5.67. The molecule has 0 aromatic carbocycles. The minimum atomic E-state index is -0.488. The van der Waals surface area contributed by atoms with Crippen molar-refractivity contribution in [1.82, 2.24) is 10.3 Å². The van der Waals surface area contributed by atoms with Crippen molar-refractivity contribution in [3.63, 3.8) is 0 Å². The Bertz CT molecular complexity index is 452. The minimum Gasteiger partial charge on any atom is -0.493 e. The molecule has 0 aliphatic carbocycles. The lowest BCUT2D eigenvalue weighted by Gasteiger charge is -2.19. The van der Waals surface area contributed by atoms with Crippen molar-refractivity contribution in [2.45, 2.75) is 39.3 Å². The van der Waals surface area contributed by atoms with E-state index in [9.17, 15) is 4.79 Å². The van der Waals surface area contributed by atoms with Crippen LogP contribution in [0.25, 0.3) is 0 Å². The average molecular weight is 250 g/mol. The summed E-state index contributed by atoms with van der Waals surface area (Å²) >= 11 is 0. The van der Waals surface area contributed by atoms with Gasteiger partial charge in [-0.15, -0.1) is 0 Å². The number of hydrogen-bond donors (Lipinski definition) is 1. The molecule has 0 saturated heterocycles. The Morgan fingerprint density at radius 2 is 2.33 bits per heavy atom. The van der Waals surface area contributed by atoms with E-state index in [-0.39, 0.29) is 0 Å². The Morgan fingerprint density at radius 1 is 1.56 bits per heavy atom. The average Bonchev–Trinajstić information content (AvgIpc) is 2.71. The van der Waals surface area contributed by atoms with E-state index >= 15 is 0 Å². The number of ether oxygens (including phenoxy) is 2. The van der Waals surface area contributed by atoms with E-state index in [0.29, 0.717) is 13.2 Å². The van der Waals surface area contributed by atoms with E-state index in [0.717, 1.165) is 23.4 Å². The molecule has 1 amide bonds. The van der Waals surface area contributed by atoms with Gasteiger partial charge in [0.25, 0.3) is 0 Å². The lowest BCUT2D eigenvalue weighted by molar-refractivity contribution is 0.0523. The third kappa shape index (κ3) is 3.35. The first kappa shape index (κ1) is 12.7. The first-order valence-corrected chi connectivity index (χ1v) is 6.01. The van der Waals surface area contributed by atoms with Crippen molar-refractivity contribution in [3.8, 4) is 5.75 Å². The normalized spacial score (nSPS) is 13.7. The summed E-state index contributed by atoms with van der Waals surface area (Å²) in [5, 5.41) is 2.67. The van der Waals surface area contributed by atoms with Gasteiger partial charge in [0.15, 0.2) is 0 Å². The zero-order valence-electron chi connectivity index (χ0n) is 10.9. The van der Waals surface area contributed by atoms with E-state index in [2.05, 4.69) is 10.3 Å². The van der Waals surface area contributed by atoms with Crippen molar-refractivity contribution >= 4 is 6.09 Å². The summed E-state index contributed by atoms with van der Waals surface area (Å²) in [4.78, 5) is 15.7. The highest BCUT2D eigenvalue weighted by Crippen LogP contribution is 2.24. The summed E-state index contributed by atoms with van der Waals surface area (Å²) in [6.45, 7) is 6.53. The Balaban J connectivity index is 1.89. The summed E-state index contributed by atoms with van der Waals surface area (Å²) < 4.78 is 10.6. The van der Waals surface area contributed by atoms with Crippen LogP contribution in [0, 0.1) is 0 Å². The molecule has 1 aliphatic rings. The second kappa shape index (κ2) is 4.84. The standard InChI is InChI=1S/C13H18N2O3/c1-13(2,3)18-12(16)15-8-10-6-11-9(7-14-10)4-5-17-11/h6-7H,4-5,8H2,1-3H3,(H,15,16). The van der Waals surface area contributed by atoms with Crippen LogP contribution in [-0.2, 0) is 17.7 Å². The fourth-order valence-electron chi connectivity index (χ4n) is 1.67. The maximum absolute atomic E-state index is 11.5. The van der Waals surface area contributed by atoms with Crippen LogP contribution in [0.15, 0.2) is 12.3 Å². The number of aromatic nitrogens is 1. The Labute approximate surface area is 107 Å². The van der Waals surface area contributed by atoms with Gasteiger partial charge in [-0.2, -0.15) is 0 Å². The number of alkyl carbamates (subject to hydrolysis) is 1. The molecule has 0 saturated carbocycles. The highest BCUT2D eigenvalue weighted by atomic mass is 16.6. The van der Waals surface area contributed by atoms with Gasteiger partial charge in [0.2, 0.25) is 0 Å². The Hall–Kier alpha value is -1.78. The van der Waals surface area contributed by atoms with Crippen LogP contribution >= 0.6 is 0 Å². The van der Waals surface area contributed by atoms with E-state index in [4.69, 9.17) is 9.47 Å². The number of carbonyl (C=O) groups is 1. The fourth-order valence-corrected chi connectivity index (χ4v) is 1.67. The van der Waals surface area contributed by atoms with Crippen molar-refractivity contribution in [2.75, 3.05) is 6.61 Å². The van der Waals surface area contributed by atoms with Crippen molar-refractivity contribution in [1.29, 1.82) is 0 Å². The molecule has 18 heavy (non-hydrogen) atoms. The largest absolute Gasteiger partial charge is 0.493 e. The van der Waals surface area contributed by atoms with Crippen molar-refractivity contribution in [2.24, 2.45) is 0 Å². The van der Waals surface area contributed by atoms with Crippen molar-refractivity contribution < 1.29 is 14.3 Å². The molecule has 0 bridgehead atoms. The number of pyridine rings is 1. The molecule has 5 nitrogen and oxygen atoms in total. The molecule has 1 N–H and O–H groups in total. The predicted octanol–water partition coefficient (Wildman–Crippen LogP) is 2.04. The zero-order chi connectivity index (χ0) is 13.2. The monoisotopic (exact) mass is 250 g/mol. The molecular weight excluding hydrogens is 232 g/mol. The second-order valence-corrected chi connectivity index (χ2v) is 5.24. The topological polar surface area (TPSA) is 60.5 Å². The summed E-state index contributed by atoms with van der Waals surface area (Å²) in [6.07, 6.45) is 2.27. The molecule has 0 unspecified atom stereocenters. The summed E-state index contributed by atoms with van der Waals surface area (Å²) in [5.74, 6) is 0.867. The first-order valence-electron chi connectivity index (χ1n) is 6.01. The minimum absolute atomic E-state index is 0.339. The van der Waals surface area contributed by atoms with Crippen molar-refractivity contribution in [3.05, 3.63) is 23.5 Å². The third-order valence-electron chi connectivity index (χ3n) is 2.44. The molecule has 98 valence electrons. The lowest BCUT2D eigenvalue weighted by Crippen LogP contribution is -2.32. The molecular formula is C13H18N2O3. The van der Waals surface area contributed by atoms with Crippen LogP contribution in [0.4, 0.5) is 4.79 Å². The first-order chi connectivity index (χ1) is 8.44. The molecule has 5 heteroatoms. The van der Waals surface area contributed by atoms with E-state index < -0.39 is 11.7 Å². The molecule has 2 heterocycles. The van der Waals surface area contributed by atoms with Gasteiger partial charge in [0.1, 0.15) is 11.4 Å². The van der Waals surface area contributed by atoms with Gasteiger partial charge in [-0.05, 0) is 20.8 Å². The van der Waals surface area contributed by atoms with Gasteiger partial charge >= 0.3 is 6.09 Å². The summed E-state index contributed by atoms with van der Waals surface area (Å²) in [6, 6.07) is 1.86. The Kier molecular flexibility index (Phi) is 3.41. The molecule has 1 aromatic rings. The third-order valence-corrected chi connectivity index (χ3v) is 2.44. The molecule has 0 atom stereocenters. The van der Waals surface area contributed by atoms with Crippen LogP contribution in [0.3, 0.4) is 0 Å². The molecule has 1 aromatic heterocycles. The number of nitrogens with one attached hydrogen (secondary N) is 1. The van der Waals surface area contributed by atoms with E-state index in [1.165, 1.54) is 0 Å². The Morgan fingerprint density at radius 3 is 3.06 bits per heavy atom. The summed E-state index contributed by atoms with van der Waals surface area (Å²) in [5.41, 5.74) is 1.40. The van der Waals surface area contributed by atoms with E-state index in [1.807, 2.05) is 26.8 Å². The van der Waals surface area contributed by atoms with Crippen LogP contribution in [-0.4, -0.2) is 23.3 Å². The second-order valence-electron chi connectivity index (χ2n) is 5.24. The van der Waals surface area contributed by atoms with Gasteiger partial charge in [-0.25, -0.2) is 4.79 Å². The molecule has 1 aliphatic heterocycles. The zero-order valence-corrected chi connectivity index (χ0v) is 10.9. The quantitative estimate of drug-likeness (QED) is 0.872. The van der Waals surface area contributed by atoms with Gasteiger partial charge in [0, 0.05) is 24.2 Å². The van der Waals surface area contributed by atoms with Crippen LogP contribution < -0.4 is 10.1 Å². The van der Waals surface area contributed by atoms with Crippen LogP contribution in [0.1, 0.15) is 32.0 Å². The maximum atomic E-state index is 11.5. The van der Waals surface area contributed by atoms with E-state index in [1.54, 1.807) is 6.20 Å². The van der Waals surface area contributed by atoms with Gasteiger partial charge in [-0.3, -0.25) is 4.98 Å². The highest BCUT2D eigenvalue weighted by Gasteiger charge is 2.17. The SMILES string of the molecule is CC(C)(C)OC(=O)NCc1cc2c(cn1)CCO2. The molecule has 0 radical (unpaired) electrons. The van der Waals surface area contributed by atoms with Crippen LogP contribution in [0.5, 0.6) is 5.75 Å². The number of rotatable bonds is 2. The van der Waals surface area contributed by atoms with Crippen LogP contribution in [0.2, 0.25) is 0 Å². The molecule has 0 fully saturated rings. The summed E-state index contributed by atoms with van der Waals surface area (Å²) in [7, 11) is 0. The lowest BCUT2D eigenvalue weighted by atomic mass is 10.2. The number of carbonyl (C=O) groups excluding carboxylic acids is 1. The number of nitrogens with zero attached hydrogens (tertiary/aromatic N) is 1. The molecule has 2 rings (SSSR count). The van der Waals surface area contributed by atoms with Gasteiger partial charge in [-0.1, -0.05) is 0 Å². The number of hydrogen-bond acceptors (Lipinski definition) is 4. The van der Waals surface area contributed by atoms with Gasteiger partial charge < -0.3 is 14.8 Å². The number of fused-ring (bicyclic) bond motifs is 1. The predicted molar refractivity (Wildman–Crippen MR) is 66.5 cm³/mol. The molecule has 0 spiro atoms. The maximum Gasteiger partial charge on any atom is 0.407 e. The van der Waals surface area contributed by atoms with Gasteiger partial charge in [0.05, 0.1) is 18.8 Å². The fraction of sp³-hybridized carbons (Fsp3) is 0.538. The smallest absolute Gasteiger partial charge is 0.407 e.